The van der Waals surface area contributed by atoms with Gasteiger partial charge in [-0.25, -0.2) is 0 Å². The van der Waals surface area contributed by atoms with E-state index in [0.29, 0.717) is 19.0 Å². The van der Waals surface area contributed by atoms with Crippen LogP contribution in [-0.4, -0.2) is 44.3 Å². The van der Waals surface area contributed by atoms with Crippen molar-refractivity contribution in [3.8, 4) is 0 Å². The van der Waals surface area contributed by atoms with Gasteiger partial charge in [0.1, 0.15) is 0 Å². The normalized spacial score (nSPS) is 11.8. The maximum absolute atomic E-state index is 5.56. The molecule has 0 saturated heterocycles. The van der Waals surface area contributed by atoms with E-state index in [1.165, 1.54) is 5.56 Å². The van der Waals surface area contributed by atoms with Gasteiger partial charge in [0.2, 0.25) is 0 Å². The Balaban J connectivity index is 2.59. The number of nitrogens with two attached hydrogens (primary N) is 2. The van der Waals surface area contributed by atoms with Crippen LogP contribution in [0.1, 0.15) is 26.3 Å². The van der Waals surface area contributed by atoms with Crippen molar-refractivity contribution in [2.24, 2.45) is 22.8 Å². The van der Waals surface area contributed by atoms with Gasteiger partial charge in [0.15, 0.2) is 0 Å². The Bertz CT molecular complexity index is 486. The maximum atomic E-state index is 5.56. The Morgan fingerprint density at radius 3 is 1.96 bits per heavy atom. The predicted molar refractivity (Wildman–Crippen MR) is 113 cm³/mol. The highest BCUT2D eigenvalue weighted by atomic mass is 32.1. The molecule has 7 N–H and O–H groups in total. The van der Waals surface area contributed by atoms with Crippen molar-refractivity contribution in [3.05, 3.63) is 29.8 Å². The molecule has 0 aromatic heterocycles. The van der Waals surface area contributed by atoms with Crippen LogP contribution in [0.25, 0.3) is 0 Å². The van der Waals surface area contributed by atoms with Gasteiger partial charge in [-0.05, 0) is 43.1 Å². The molecule has 0 bridgehead atoms. The fraction of sp³-hybridized carbons (Fsp3) is 0.632. The molecule has 1 aromatic rings. The lowest BCUT2D eigenvalue weighted by molar-refractivity contribution is 0.444. The molecule has 0 aliphatic rings. The van der Waals surface area contributed by atoms with E-state index in [4.69, 9.17) is 23.7 Å². The maximum Gasteiger partial charge on any atom is 0.0851 e. The van der Waals surface area contributed by atoms with E-state index in [1.807, 2.05) is 0 Å². The van der Waals surface area contributed by atoms with Crippen LogP contribution in [0, 0.1) is 11.3 Å². The summed E-state index contributed by atoms with van der Waals surface area (Å²) < 4.78 is 0. The smallest absolute Gasteiger partial charge is 0.0851 e. The quantitative estimate of drug-likeness (QED) is 0.303. The van der Waals surface area contributed by atoms with Crippen LogP contribution in [-0.2, 0) is 6.42 Å². The van der Waals surface area contributed by atoms with Crippen LogP contribution in [0.15, 0.2) is 24.3 Å². The van der Waals surface area contributed by atoms with E-state index in [9.17, 15) is 0 Å². The zero-order chi connectivity index (χ0) is 18.7. The average Bonchev–Trinajstić information content (AvgIpc) is 2.56. The highest BCUT2D eigenvalue weighted by molar-refractivity contribution is 7.80. The number of anilines is 1. The third kappa shape index (κ3) is 9.28. The van der Waals surface area contributed by atoms with E-state index in [1.54, 1.807) is 0 Å². The minimum atomic E-state index is -0.0254. The van der Waals surface area contributed by atoms with Crippen LogP contribution >= 0.6 is 12.2 Å². The van der Waals surface area contributed by atoms with Crippen molar-refractivity contribution in [1.82, 2.24) is 10.6 Å². The highest BCUT2D eigenvalue weighted by Crippen LogP contribution is 2.20. The molecular formula is C19H35N5S. The monoisotopic (exact) mass is 365 g/mol. The first-order valence-electron chi connectivity index (χ1n) is 9.08. The van der Waals surface area contributed by atoms with Gasteiger partial charge in [-0.2, -0.15) is 0 Å². The van der Waals surface area contributed by atoms with Crippen LogP contribution in [0.3, 0.4) is 0 Å². The number of hydrogen-bond donors (Lipinski definition) is 5. The van der Waals surface area contributed by atoms with Gasteiger partial charge < -0.3 is 27.4 Å². The van der Waals surface area contributed by atoms with E-state index < -0.39 is 0 Å². The second kappa shape index (κ2) is 11.5. The van der Waals surface area contributed by atoms with E-state index in [2.05, 4.69) is 61.0 Å². The topological polar surface area (TPSA) is 88.1 Å². The van der Waals surface area contributed by atoms with E-state index in [-0.39, 0.29) is 5.41 Å². The second-order valence-electron chi connectivity index (χ2n) is 7.46. The molecule has 5 nitrogen and oxygen atoms in total. The van der Waals surface area contributed by atoms with Crippen LogP contribution in [0.4, 0.5) is 5.69 Å². The summed E-state index contributed by atoms with van der Waals surface area (Å²) in [4.78, 5) is 0.857. The Hall–Kier alpha value is -1.05. The zero-order valence-electron chi connectivity index (χ0n) is 15.9. The molecule has 0 amide bonds. The first kappa shape index (κ1) is 22.0. The summed E-state index contributed by atoms with van der Waals surface area (Å²) in [7, 11) is 0. The van der Waals surface area contributed by atoms with Gasteiger partial charge in [-0.15, -0.1) is 0 Å². The fourth-order valence-electron chi connectivity index (χ4n) is 2.41. The minimum Gasteiger partial charge on any atom is -0.350 e. The molecule has 0 saturated carbocycles. The molecule has 0 heterocycles. The molecule has 1 rings (SSSR count). The summed E-state index contributed by atoms with van der Waals surface area (Å²) >= 11 is 5.45. The van der Waals surface area contributed by atoms with Gasteiger partial charge in [0, 0.05) is 37.3 Å². The highest BCUT2D eigenvalue weighted by Gasteiger charge is 2.17. The lowest BCUT2D eigenvalue weighted by Crippen LogP contribution is -2.36. The lowest BCUT2D eigenvalue weighted by atomic mass is 9.96. The Morgan fingerprint density at radius 2 is 1.52 bits per heavy atom. The zero-order valence-corrected chi connectivity index (χ0v) is 16.7. The van der Waals surface area contributed by atoms with Crippen molar-refractivity contribution in [2.45, 2.75) is 27.2 Å². The molecule has 1 aromatic carbocycles. The van der Waals surface area contributed by atoms with Crippen molar-refractivity contribution < 1.29 is 0 Å². The van der Waals surface area contributed by atoms with Gasteiger partial charge in [0.05, 0.1) is 4.99 Å². The van der Waals surface area contributed by atoms with Crippen molar-refractivity contribution in [2.75, 3.05) is 44.6 Å². The molecule has 0 spiro atoms. The molecule has 0 aliphatic carbocycles. The fourth-order valence-corrected chi connectivity index (χ4v) is 2.53. The number of rotatable bonds is 11. The summed E-state index contributed by atoms with van der Waals surface area (Å²) in [5.74, 6) is 0.507. The minimum absolute atomic E-state index is 0.0254. The third-order valence-electron chi connectivity index (χ3n) is 3.93. The first-order chi connectivity index (χ1) is 11.9. The third-order valence-corrected chi connectivity index (χ3v) is 4.64. The predicted octanol–water partition coefficient (Wildman–Crippen LogP) is 1.73. The van der Waals surface area contributed by atoms with Gasteiger partial charge >= 0.3 is 0 Å². The lowest BCUT2D eigenvalue weighted by Gasteiger charge is -2.22. The molecule has 0 fully saturated rings. The van der Waals surface area contributed by atoms with Crippen LogP contribution < -0.4 is 27.4 Å². The Kier molecular flexibility index (Phi) is 10.2. The number of benzene rings is 1. The van der Waals surface area contributed by atoms with Gasteiger partial charge in [-0.1, -0.05) is 45.1 Å². The summed E-state index contributed by atoms with van der Waals surface area (Å²) in [5.41, 5.74) is 13.5. The number of nitrogens with one attached hydrogen (secondary N) is 3. The Labute approximate surface area is 158 Å². The van der Waals surface area contributed by atoms with E-state index >= 15 is 0 Å². The molecule has 0 atom stereocenters. The summed E-state index contributed by atoms with van der Waals surface area (Å²) in [6, 6.07) is 8.55. The van der Waals surface area contributed by atoms with Crippen LogP contribution in [0.5, 0.6) is 0 Å². The van der Waals surface area contributed by atoms with Crippen LogP contribution in [0.2, 0.25) is 0 Å². The van der Waals surface area contributed by atoms with Crippen molar-refractivity contribution >= 4 is 22.9 Å². The van der Waals surface area contributed by atoms with Gasteiger partial charge in [0.25, 0.3) is 0 Å². The van der Waals surface area contributed by atoms with Crippen molar-refractivity contribution in [1.29, 1.82) is 0 Å². The van der Waals surface area contributed by atoms with Gasteiger partial charge in [-0.3, -0.25) is 0 Å². The molecule has 0 aliphatic heterocycles. The number of thiocarbonyl (C=S) groups is 1. The molecule has 142 valence electrons. The SMILES string of the molecule is CC(C)(C)C(=S)Nc1ccc(CC(CNCCN)CNCCN)cc1. The largest absolute Gasteiger partial charge is 0.350 e. The molecular weight excluding hydrogens is 330 g/mol. The summed E-state index contributed by atoms with van der Waals surface area (Å²) in [5, 5.41) is 10.1. The molecule has 0 unspecified atom stereocenters. The second-order valence-corrected chi connectivity index (χ2v) is 7.87. The standard InChI is InChI=1S/C19H35N5S/c1-19(2,3)18(25)24-17-6-4-15(5-7-17)12-16(13-22-10-8-20)14-23-11-9-21/h4-7,16,22-23H,8-14,20-21H2,1-3H3,(H,24,25). The average molecular weight is 366 g/mol. The van der Waals surface area contributed by atoms with E-state index in [0.717, 1.165) is 43.3 Å². The summed E-state index contributed by atoms with van der Waals surface area (Å²) in [6.07, 6.45) is 1.01. The number of hydrogen-bond acceptors (Lipinski definition) is 5. The Morgan fingerprint density at radius 1 is 1.00 bits per heavy atom. The molecule has 6 heteroatoms. The first-order valence-corrected chi connectivity index (χ1v) is 9.49. The molecule has 25 heavy (non-hydrogen) atoms. The van der Waals surface area contributed by atoms with Crippen molar-refractivity contribution in [3.63, 3.8) is 0 Å². The molecule has 0 radical (unpaired) electrons. The summed E-state index contributed by atoms with van der Waals surface area (Å²) in [6.45, 7) is 11.3.